The van der Waals surface area contributed by atoms with Gasteiger partial charge in [0.2, 0.25) is 5.91 Å². The van der Waals surface area contributed by atoms with Gasteiger partial charge in [-0.2, -0.15) is 0 Å². The predicted molar refractivity (Wildman–Crippen MR) is 83.7 cm³/mol. The molecule has 1 spiro atoms. The van der Waals surface area contributed by atoms with Crippen LogP contribution in [0.1, 0.15) is 38.3 Å². The van der Waals surface area contributed by atoms with Crippen LogP contribution in [0.15, 0.2) is 12.4 Å². The van der Waals surface area contributed by atoms with E-state index in [1.54, 1.807) is 13.3 Å². The Morgan fingerprint density at radius 1 is 1.41 bits per heavy atom. The summed E-state index contributed by atoms with van der Waals surface area (Å²) in [6.45, 7) is 6.17. The van der Waals surface area contributed by atoms with Crippen LogP contribution >= 0.6 is 0 Å². The molecule has 0 aliphatic carbocycles. The lowest BCUT2D eigenvalue weighted by molar-refractivity contribution is -0.125. The molecule has 1 N–H and O–H groups in total. The summed E-state index contributed by atoms with van der Waals surface area (Å²) in [6.07, 6.45) is 5.41. The normalized spacial score (nSPS) is 24.3. The number of amides is 1. The van der Waals surface area contributed by atoms with Crippen LogP contribution in [0, 0.1) is 6.92 Å². The number of piperidine rings is 1. The van der Waals surface area contributed by atoms with Crippen molar-refractivity contribution in [3.05, 3.63) is 18.1 Å². The highest BCUT2D eigenvalue weighted by atomic mass is 16.5. The fraction of sp³-hybridized carbons (Fsp3) is 0.688. The third kappa shape index (κ3) is 3.38. The van der Waals surface area contributed by atoms with Gasteiger partial charge in [-0.05, 0) is 32.6 Å². The molecule has 3 heterocycles. The van der Waals surface area contributed by atoms with E-state index in [2.05, 4.69) is 20.2 Å². The lowest BCUT2D eigenvalue weighted by atomic mass is 9.82. The van der Waals surface area contributed by atoms with E-state index in [1.165, 1.54) is 0 Å². The standard InChI is InChI=1S/C16H24N4O2/c1-12-9-15(18-11-17-12)20-6-4-16(5-7-20)10-14(3-8-22-16)19-13(2)21/h9,11,14H,3-8,10H2,1-2H3,(H,19,21)/t14-/m0/s1. The monoisotopic (exact) mass is 304 g/mol. The van der Waals surface area contributed by atoms with Crippen molar-refractivity contribution < 1.29 is 9.53 Å². The Bertz CT molecular complexity index is 541. The molecular formula is C16H24N4O2. The van der Waals surface area contributed by atoms with Crippen molar-refractivity contribution in [2.75, 3.05) is 24.6 Å². The Morgan fingerprint density at radius 3 is 2.86 bits per heavy atom. The second-order valence-corrected chi connectivity index (χ2v) is 6.43. The molecule has 6 heteroatoms. The van der Waals surface area contributed by atoms with Crippen molar-refractivity contribution in [3.63, 3.8) is 0 Å². The molecule has 1 atom stereocenters. The van der Waals surface area contributed by atoms with Crippen LogP contribution in [-0.2, 0) is 9.53 Å². The Hall–Kier alpha value is -1.69. The molecule has 0 saturated carbocycles. The van der Waals surface area contributed by atoms with E-state index in [1.807, 2.05) is 13.0 Å². The fourth-order valence-electron chi connectivity index (χ4n) is 3.54. The minimum atomic E-state index is -0.0794. The van der Waals surface area contributed by atoms with Crippen LogP contribution in [0.3, 0.4) is 0 Å². The van der Waals surface area contributed by atoms with Crippen molar-refractivity contribution in [1.29, 1.82) is 0 Å². The van der Waals surface area contributed by atoms with Gasteiger partial charge < -0.3 is 15.0 Å². The number of carbonyl (C=O) groups is 1. The smallest absolute Gasteiger partial charge is 0.217 e. The number of nitrogens with one attached hydrogen (secondary N) is 1. The summed E-state index contributed by atoms with van der Waals surface area (Å²) in [5, 5.41) is 3.05. The molecule has 1 aromatic rings. The number of ether oxygens (including phenoxy) is 1. The molecule has 22 heavy (non-hydrogen) atoms. The molecule has 120 valence electrons. The van der Waals surface area contributed by atoms with Gasteiger partial charge in [0.15, 0.2) is 0 Å². The van der Waals surface area contributed by atoms with Gasteiger partial charge in [-0.15, -0.1) is 0 Å². The van der Waals surface area contributed by atoms with Crippen LogP contribution in [0.5, 0.6) is 0 Å². The second kappa shape index (κ2) is 6.20. The molecule has 2 fully saturated rings. The number of rotatable bonds is 2. The SMILES string of the molecule is CC(=O)N[C@H]1CCOC2(CCN(c3cc(C)ncn3)CC2)C1. The molecule has 0 radical (unpaired) electrons. The number of aryl methyl sites for hydroxylation is 1. The van der Waals surface area contributed by atoms with Crippen molar-refractivity contribution in [2.24, 2.45) is 0 Å². The molecule has 2 aliphatic heterocycles. The summed E-state index contributed by atoms with van der Waals surface area (Å²) in [6, 6.07) is 2.28. The Labute approximate surface area is 131 Å². The van der Waals surface area contributed by atoms with Crippen molar-refractivity contribution in [3.8, 4) is 0 Å². The summed E-state index contributed by atoms with van der Waals surface area (Å²) >= 11 is 0. The zero-order valence-corrected chi connectivity index (χ0v) is 13.3. The molecule has 1 amide bonds. The third-order valence-electron chi connectivity index (χ3n) is 4.69. The van der Waals surface area contributed by atoms with Gasteiger partial charge in [-0.1, -0.05) is 0 Å². The predicted octanol–water partition coefficient (Wildman–Crippen LogP) is 1.44. The van der Waals surface area contributed by atoms with Gasteiger partial charge in [-0.25, -0.2) is 9.97 Å². The van der Waals surface area contributed by atoms with Crippen LogP contribution in [-0.4, -0.2) is 47.2 Å². The van der Waals surface area contributed by atoms with Crippen LogP contribution in [0.4, 0.5) is 5.82 Å². The average molecular weight is 304 g/mol. The summed E-state index contributed by atoms with van der Waals surface area (Å²) in [7, 11) is 0. The summed E-state index contributed by atoms with van der Waals surface area (Å²) in [5.41, 5.74) is 0.911. The number of aromatic nitrogens is 2. The minimum Gasteiger partial charge on any atom is -0.375 e. The minimum absolute atomic E-state index is 0.0518. The van der Waals surface area contributed by atoms with Gasteiger partial charge in [0.05, 0.1) is 5.60 Å². The molecule has 0 bridgehead atoms. The average Bonchev–Trinajstić information content (AvgIpc) is 2.47. The Balaban J connectivity index is 1.62. The van der Waals surface area contributed by atoms with Crippen LogP contribution in [0.25, 0.3) is 0 Å². The number of hydrogen-bond acceptors (Lipinski definition) is 5. The van der Waals surface area contributed by atoms with Gasteiger partial charge in [-0.3, -0.25) is 4.79 Å². The highest BCUT2D eigenvalue weighted by Crippen LogP contribution is 2.36. The number of carbonyl (C=O) groups excluding carboxylic acids is 1. The van der Waals surface area contributed by atoms with Gasteiger partial charge in [0.25, 0.3) is 0 Å². The Kier molecular flexibility index (Phi) is 4.29. The summed E-state index contributed by atoms with van der Waals surface area (Å²) in [4.78, 5) is 22.1. The number of anilines is 1. The molecule has 2 aliphatic rings. The molecule has 1 aromatic heterocycles. The number of hydrogen-bond donors (Lipinski definition) is 1. The van der Waals surface area contributed by atoms with Crippen molar-refractivity contribution in [1.82, 2.24) is 15.3 Å². The number of nitrogens with zero attached hydrogens (tertiary/aromatic N) is 3. The lowest BCUT2D eigenvalue weighted by Gasteiger charge is -2.46. The first-order valence-electron chi connectivity index (χ1n) is 8.01. The first-order chi connectivity index (χ1) is 10.6. The van der Waals surface area contributed by atoms with Gasteiger partial charge in [0.1, 0.15) is 12.1 Å². The van der Waals surface area contributed by atoms with Gasteiger partial charge >= 0.3 is 0 Å². The van der Waals surface area contributed by atoms with E-state index in [-0.39, 0.29) is 17.6 Å². The quantitative estimate of drug-likeness (QED) is 0.895. The summed E-state index contributed by atoms with van der Waals surface area (Å²) < 4.78 is 6.12. The molecular weight excluding hydrogens is 280 g/mol. The van der Waals surface area contributed by atoms with E-state index < -0.39 is 0 Å². The third-order valence-corrected chi connectivity index (χ3v) is 4.69. The van der Waals surface area contributed by atoms with E-state index in [0.29, 0.717) is 0 Å². The van der Waals surface area contributed by atoms with Gasteiger partial charge in [0, 0.05) is 44.4 Å². The molecule has 0 aromatic carbocycles. The zero-order valence-electron chi connectivity index (χ0n) is 13.3. The maximum Gasteiger partial charge on any atom is 0.217 e. The van der Waals surface area contributed by atoms with E-state index >= 15 is 0 Å². The maximum absolute atomic E-state index is 11.3. The first-order valence-corrected chi connectivity index (χ1v) is 8.01. The van der Waals surface area contributed by atoms with E-state index in [9.17, 15) is 4.79 Å². The first kappa shape index (κ1) is 15.2. The van der Waals surface area contributed by atoms with E-state index in [4.69, 9.17) is 4.74 Å². The molecule has 2 saturated heterocycles. The van der Waals surface area contributed by atoms with Crippen LogP contribution in [0.2, 0.25) is 0 Å². The highest BCUT2D eigenvalue weighted by molar-refractivity contribution is 5.73. The topological polar surface area (TPSA) is 67.3 Å². The van der Waals surface area contributed by atoms with E-state index in [0.717, 1.165) is 56.9 Å². The second-order valence-electron chi connectivity index (χ2n) is 6.43. The molecule has 3 rings (SSSR count). The van der Waals surface area contributed by atoms with Crippen LogP contribution < -0.4 is 10.2 Å². The van der Waals surface area contributed by atoms with Crippen molar-refractivity contribution >= 4 is 11.7 Å². The van der Waals surface area contributed by atoms with Crippen molar-refractivity contribution in [2.45, 2.75) is 51.2 Å². The fourth-order valence-corrected chi connectivity index (χ4v) is 3.54. The Morgan fingerprint density at radius 2 is 2.18 bits per heavy atom. The highest BCUT2D eigenvalue weighted by Gasteiger charge is 2.40. The molecule has 0 unspecified atom stereocenters. The lowest BCUT2D eigenvalue weighted by Crippen LogP contribution is -2.53. The zero-order chi connectivity index (χ0) is 15.6. The maximum atomic E-state index is 11.3. The summed E-state index contributed by atoms with van der Waals surface area (Å²) in [5.74, 6) is 1.05. The molecule has 6 nitrogen and oxygen atoms in total. The largest absolute Gasteiger partial charge is 0.375 e.